The molecule has 3 heterocycles. The van der Waals surface area contributed by atoms with Crippen LogP contribution in [0.4, 0.5) is 0 Å². The van der Waals surface area contributed by atoms with Gasteiger partial charge in [-0.05, 0) is 12.1 Å². The van der Waals surface area contributed by atoms with Crippen LogP contribution in [0.2, 0.25) is 0 Å². The van der Waals surface area contributed by atoms with Gasteiger partial charge in [0.1, 0.15) is 0 Å². The Bertz CT molecular complexity index is 592. The van der Waals surface area contributed by atoms with Crippen molar-refractivity contribution in [3.8, 4) is 11.5 Å². The second-order valence-corrected chi connectivity index (χ2v) is 4.00. The highest BCUT2D eigenvalue weighted by Crippen LogP contribution is 2.21. The molecule has 0 atom stereocenters. The van der Waals surface area contributed by atoms with Crippen molar-refractivity contribution in [2.24, 2.45) is 0 Å². The number of carbonyl (C=O) groups is 1. The molecule has 0 aliphatic carbocycles. The molecule has 0 aromatic carbocycles. The highest BCUT2D eigenvalue weighted by atomic mass is 16.5. The minimum Gasteiger partial charge on any atom is -0.464 e. The van der Waals surface area contributed by atoms with Crippen LogP contribution in [0, 0.1) is 0 Å². The minimum atomic E-state index is -0.426. The molecule has 2 N–H and O–H groups in total. The first-order valence-corrected chi connectivity index (χ1v) is 5.62. The highest BCUT2D eigenvalue weighted by Gasteiger charge is 2.24. The number of esters is 1. The summed E-state index contributed by atoms with van der Waals surface area (Å²) in [5.74, 6) is 0.0907. The predicted octanol–water partition coefficient (Wildman–Crippen LogP) is 0.861. The predicted molar refractivity (Wildman–Crippen MR) is 63.7 cm³/mol. The Balaban J connectivity index is 2.16. The van der Waals surface area contributed by atoms with Crippen LogP contribution in [-0.4, -0.2) is 28.0 Å². The van der Waals surface area contributed by atoms with E-state index in [-0.39, 0.29) is 0 Å². The number of nitrogens with zero attached hydrogens (tertiary/aromatic N) is 2. The van der Waals surface area contributed by atoms with E-state index in [1.54, 1.807) is 6.20 Å². The molecule has 18 heavy (non-hydrogen) atoms. The molecule has 6 nitrogen and oxygen atoms in total. The van der Waals surface area contributed by atoms with E-state index in [2.05, 4.69) is 20.3 Å². The van der Waals surface area contributed by atoms with Crippen molar-refractivity contribution in [3.63, 3.8) is 0 Å². The summed E-state index contributed by atoms with van der Waals surface area (Å²) in [6.07, 6.45) is 1.79. The van der Waals surface area contributed by atoms with Crippen molar-refractivity contribution in [2.45, 2.75) is 13.1 Å². The molecule has 0 unspecified atom stereocenters. The average molecular weight is 244 g/mol. The highest BCUT2D eigenvalue weighted by molar-refractivity contribution is 5.89. The lowest BCUT2D eigenvalue weighted by Gasteiger charge is -2.06. The second kappa shape index (κ2) is 4.23. The fourth-order valence-corrected chi connectivity index (χ4v) is 2.02. The number of hydrogen-bond acceptors (Lipinski definition) is 5. The van der Waals surface area contributed by atoms with Gasteiger partial charge in [-0.1, -0.05) is 0 Å². The van der Waals surface area contributed by atoms with E-state index in [1.165, 1.54) is 7.11 Å². The van der Waals surface area contributed by atoms with Gasteiger partial charge < -0.3 is 15.0 Å². The van der Waals surface area contributed by atoms with Gasteiger partial charge in [0.05, 0.1) is 18.5 Å². The third kappa shape index (κ3) is 1.67. The Morgan fingerprint density at radius 3 is 3.00 bits per heavy atom. The number of ether oxygens (including phenoxy) is 1. The molecule has 92 valence electrons. The molecule has 2 aromatic rings. The van der Waals surface area contributed by atoms with Crippen molar-refractivity contribution in [2.75, 3.05) is 7.11 Å². The van der Waals surface area contributed by atoms with Crippen LogP contribution >= 0.6 is 0 Å². The molecule has 2 aromatic heterocycles. The topological polar surface area (TPSA) is 79.9 Å². The monoisotopic (exact) mass is 244 g/mol. The van der Waals surface area contributed by atoms with Gasteiger partial charge in [-0.2, -0.15) is 0 Å². The van der Waals surface area contributed by atoms with Crippen LogP contribution in [0.15, 0.2) is 18.3 Å². The van der Waals surface area contributed by atoms with Crippen LogP contribution in [0.3, 0.4) is 0 Å². The molecule has 0 spiro atoms. The van der Waals surface area contributed by atoms with Gasteiger partial charge in [-0.25, -0.2) is 14.8 Å². The first-order chi connectivity index (χ1) is 8.79. The van der Waals surface area contributed by atoms with Crippen molar-refractivity contribution in [1.82, 2.24) is 20.3 Å². The first kappa shape index (κ1) is 10.9. The third-order valence-electron chi connectivity index (χ3n) is 2.90. The molecule has 1 aliphatic heterocycles. The van der Waals surface area contributed by atoms with E-state index in [4.69, 9.17) is 4.74 Å². The second-order valence-electron chi connectivity index (χ2n) is 4.00. The van der Waals surface area contributed by atoms with E-state index in [0.29, 0.717) is 24.6 Å². The summed E-state index contributed by atoms with van der Waals surface area (Å²) in [5.41, 5.74) is 2.82. The van der Waals surface area contributed by atoms with Crippen LogP contribution in [0.1, 0.15) is 21.7 Å². The number of fused-ring (bicyclic) bond motifs is 1. The molecule has 0 amide bonds. The largest absolute Gasteiger partial charge is 0.464 e. The van der Waals surface area contributed by atoms with Gasteiger partial charge >= 0.3 is 5.97 Å². The van der Waals surface area contributed by atoms with Crippen molar-refractivity contribution >= 4 is 5.97 Å². The van der Waals surface area contributed by atoms with Gasteiger partial charge in [0.25, 0.3) is 0 Å². The third-order valence-corrected chi connectivity index (χ3v) is 2.90. The zero-order chi connectivity index (χ0) is 12.5. The summed E-state index contributed by atoms with van der Waals surface area (Å²) < 4.78 is 4.77. The smallest absolute Gasteiger partial charge is 0.357 e. The van der Waals surface area contributed by atoms with Crippen LogP contribution in [0.25, 0.3) is 11.5 Å². The SMILES string of the molecule is COC(=O)c1nc(-c2ccc[nH]2)nc2c1CNC2. The Morgan fingerprint density at radius 1 is 1.39 bits per heavy atom. The molecule has 3 rings (SSSR count). The molecular weight excluding hydrogens is 232 g/mol. The Hall–Kier alpha value is -2.21. The van der Waals surface area contributed by atoms with Crippen molar-refractivity contribution in [3.05, 3.63) is 35.3 Å². The molecule has 0 fully saturated rings. The molecule has 0 bridgehead atoms. The normalized spacial score (nSPS) is 13.4. The van der Waals surface area contributed by atoms with E-state index >= 15 is 0 Å². The number of aromatic amines is 1. The lowest BCUT2D eigenvalue weighted by Crippen LogP contribution is -2.11. The first-order valence-electron chi connectivity index (χ1n) is 5.62. The van der Waals surface area contributed by atoms with Gasteiger partial charge in [-0.3, -0.25) is 0 Å². The zero-order valence-electron chi connectivity index (χ0n) is 9.86. The van der Waals surface area contributed by atoms with E-state index < -0.39 is 5.97 Å². The number of carbonyl (C=O) groups excluding carboxylic acids is 1. The maximum Gasteiger partial charge on any atom is 0.357 e. The summed E-state index contributed by atoms with van der Waals surface area (Å²) in [6, 6.07) is 3.73. The van der Waals surface area contributed by atoms with E-state index in [9.17, 15) is 4.79 Å². The lowest BCUT2D eigenvalue weighted by molar-refractivity contribution is 0.0592. The Morgan fingerprint density at radius 2 is 2.28 bits per heavy atom. The maximum absolute atomic E-state index is 11.7. The molecular formula is C12H12N4O2. The number of aromatic nitrogens is 3. The van der Waals surface area contributed by atoms with Gasteiger partial charge in [0.15, 0.2) is 11.5 Å². The zero-order valence-corrected chi connectivity index (χ0v) is 9.86. The Kier molecular flexibility index (Phi) is 2.56. The maximum atomic E-state index is 11.7. The fourth-order valence-electron chi connectivity index (χ4n) is 2.02. The quantitative estimate of drug-likeness (QED) is 0.766. The summed E-state index contributed by atoms with van der Waals surface area (Å²) in [7, 11) is 1.35. The average Bonchev–Trinajstić information content (AvgIpc) is 3.06. The number of H-pyrrole nitrogens is 1. The molecule has 0 saturated carbocycles. The fraction of sp³-hybridized carbons (Fsp3) is 0.250. The van der Waals surface area contributed by atoms with E-state index in [0.717, 1.165) is 17.0 Å². The van der Waals surface area contributed by atoms with Gasteiger partial charge in [-0.15, -0.1) is 0 Å². The van der Waals surface area contributed by atoms with Crippen LogP contribution in [-0.2, 0) is 17.8 Å². The number of hydrogen-bond donors (Lipinski definition) is 2. The lowest BCUT2D eigenvalue weighted by atomic mass is 10.2. The molecule has 6 heteroatoms. The van der Waals surface area contributed by atoms with Gasteiger partial charge in [0, 0.05) is 24.8 Å². The number of rotatable bonds is 2. The minimum absolute atomic E-state index is 0.345. The summed E-state index contributed by atoms with van der Waals surface area (Å²) >= 11 is 0. The summed E-state index contributed by atoms with van der Waals surface area (Å²) in [5, 5.41) is 3.16. The van der Waals surface area contributed by atoms with Crippen molar-refractivity contribution < 1.29 is 9.53 Å². The molecule has 0 saturated heterocycles. The molecule has 0 radical (unpaired) electrons. The van der Waals surface area contributed by atoms with E-state index in [1.807, 2.05) is 12.1 Å². The standard InChI is InChI=1S/C12H12N4O2/c1-18-12(17)10-7-5-13-6-9(7)15-11(16-10)8-3-2-4-14-8/h2-4,13-14H,5-6H2,1H3. The number of methoxy groups -OCH3 is 1. The number of nitrogens with one attached hydrogen (secondary N) is 2. The van der Waals surface area contributed by atoms with Crippen molar-refractivity contribution in [1.29, 1.82) is 0 Å². The van der Waals surface area contributed by atoms with Crippen LogP contribution in [0.5, 0.6) is 0 Å². The van der Waals surface area contributed by atoms with Crippen LogP contribution < -0.4 is 5.32 Å². The Labute approximate surface area is 103 Å². The van der Waals surface area contributed by atoms with Gasteiger partial charge in [0.2, 0.25) is 0 Å². The summed E-state index contributed by atoms with van der Waals surface area (Å²) in [4.78, 5) is 23.5. The molecule has 1 aliphatic rings. The summed E-state index contributed by atoms with van der Waals surface area (Å²) in [6.45, 7) is 1.25.